The molecule has 126 valence electrons. The summed E-state index contributed by atoms with van der Waals surface area (Å²) in [7, 11) is 0. The molecule has 0 bridgehead atoms. The van der Waals surface area contributed by atoms with Gasteiger partial charge in [-0.2, -0.15) is 0 Å². The van der Waals surface area contributed by atoms with Gasteiger partial charge in [0.1, 0.15) is 5.75 Å². The second-order valence-electron chi connectivity index (χ2n) is 6.13. The van der Waals surface area contributed by atoms with Gasteiger partial charge in [-0.25, -0.2) is 0 Å². The molecule has 1 fully saturated rings. The Morgan fingerprint density at radius 3 is 2.79 bits per heavy atom. The largest absolute Gasteiger partial charge is 0.484 e. The average Bonchev–Trinajstić information content (AvgIpc) is 2.96. The lowest BCUT2D eigenvalue weighted by molar-refractivity contribution is -0.132. The maximum absolute atomic E-state index is 12.3. The van der Waals surface area contributed by atoms with Gasteiger partial charge in [-0.05, 0) is 25.5 Å². The van der Waals surface area contributed by atoms with Crippen molar-refractivity contribution in [1.82, 2.24) is 14.9 Å². The van der Waals surface area contributed by atoms with Gasteiger partial charge >= 0.3 is 0 Å². The van der Waals surface area contributed by atoms with Gasteiger partial charge in [0.2, 0.25) is 0 Å². The number of rotatable bonds is 5. The Bertz CT molecular complexity index is 676. The number of carbonyl (C=O) groups excluding carboxylic acids is 1. The molecule has 0 aliphatic carbocycles. The molecule has 2 heterocycles. The van der Waals surface area contributed by atoms with E-state index in [1.165, 1.54) is 0 Å². The van der Waals surface area contributed by atoms with Crippen LogP contribution in [0, 0.1) is 12.8 Å². The average molecular weight is 327 g/mol. The number of amides is 1. The molecule has 0 radical (unpaired) electrons. The fourth-order valence-electron chi connectivity index (χ4n) is 2.83. The molecule has 0 unspecified atom stereocenters. The second-order valence-corrected chi connectivity index (χ2v) is 6.13. The van der Waals surface area contributed by atoms with E-state index in [1.807, 2.05) is 31.2 Å². The molecule has 0 saturated carbocycles. The molecule has 6 nitrogen and oxygen atoms in total. The van der Waals surface area contributed by atoms with Crippen LogP contribution in [-0.4, -0.2) is 51.7 Å². The van der Waals surface area contributed by atoms with E-state index < -0.39 is 6.10 Å². The van der Waals surface area contributed by atoms with Crippen LogP contribution < -0.4 is 4.74 Å². The van der Waals surface area contributed by atoms with E-state index in [1.54, 1.807) is 23.5 Å². The van der Waals surface area contributed by atoms with Gasteiger partial charge in [-0.15, -0.1) is 0 Å². The van der Waals surface area contributed by atoms with E-state index in [9.17, 15) is 9.90 Å². The molecular formula is C18H21N3O3. The Hall–Kier alpha value is -2.47. The number of nitrogens with zero attached hydrogens (tertiary/aromatic N) is 3. The van der Waals surface area contributed by atoms with Crippen molar-refractivity contribution in [1.29, 1.82) is 0 Å². The SMILES string of the molecule is Cc1ccc(OCC(=O)N2C[C@@H](Cc3cnccn3)[C@H](O)C2)cc1. The number of aromatic nitrogens is 2. The van der Waals surface area contributed by atoms with Crippen molar-refractivity contribution in [3.63, 3.8) is 0 Å². The number of aliphatic hydroxyl groups excluding tert-OH is 1. The first kappa shape index (κ1) is 16.4. The summed E-state index contributed by atoms with van der Waals surface area (Å²) in [5.74, 6) is 0.533. The number of hydrogen-bond acceptors (Lipinski definition) is 5. The monoisotopic (exact) mass is 327 g/mol. The van der Waals surface area contributed by atoms with E-state index in [-0.39, 0.29) is 18.4 Å². The van der Waals surface area contributed by atoms with Gasteiger partial charge in [-0.3, -0.25) is 14.8 Å². The zero-order valence-corrected chi connectivity index (χ0v) is 13.6. The number of hydrogen-bond donors (Lipinski definition) is 1. The Balaban J connectivity index is 1.52. The highest BCUT2D eigenvalue weighted by molar-refractivity contribution is 5.78. The first-order valence-electron chi connectivity index (χ1n) is 8.02. The normalized spacial score (nSPS) is 20.2. The van der Waals surface area contributed by atoms with Gasteiger partial charge in [0, 0.05) is 37.6 Å². The number of likely N-dealkylation sites (tertiary alicyclic amines) is 1. The fourth-order valence-corrected chi connectivity index (χ4v) is 2.83. The molecule has 1 saturated heterocycles. The molecule has 3 rings (SSSR count). The Morgan fingerprint density at radius 1 is 1.29 bits per heavy atom. The minimum Gasteiger partial charge on any atom is -0.484 e. The molecule has 1 aromatic carbocycles. The first-order valence-corrected chi connectivity index (χ1v) is 8.02. The van der Waals surface area contributed by atoms with Crippen LogP contribution in [0.1, 0.15) is 11.3 Å². The van der Waals surface area contributed by atoms with Crippen LogP contribution in [0.5, 0.6) is 5.75 Å². The summed E-state index contributed by atoms with van der Waals surface area (Å²) >= 11 is 0. The van der Waals surface area contributed by atoms with Crippen LogP contribution in [0.4, 0.5) is 0 Å². The third-order valence-electron chi connectivity index (χ3n) is 4.23. The summed E-state index contributed by atoms with van der Waals surface area (Å²) in [5.41, 5.74) is 1.97. The molecule has 1 N–H and O–H groups in total. The zero-order chi connectivity index (χ0) is 16.9. The molecule has 2 atom stereocenters. The maximum Gasteiger partial charge on any atom is 0.260 e. The van der Waals surface area contributed by atoms with E-state index in [2.05, 4.69) is 9.97 Å². The van der Waals surface area contributed by atoms with Crippen LogP contribution >= 0.6 is 0 Å². The minimum atomic E-state index is -0.546. The van der Waals surface area contributed by atoms with Crippen LogP contribution in [0.3, 0.4) is 0 Å². The molecule has 6 heteroatoms. The van der Waals surface area contributed by atoms with Gasteiger partial charge in [0.05, 0.1) is 11.8 Å². The zero-order valence-electron chi connectivity index (χ0n) is 13.6. The van der Waals surface area contributed by atoms with E-state index in [0.717, 1.165) is 11.3 Å². The highest BCUT2D eigenvalue weighted by atomic mass is 16.5. The molecule has 1 amide bonds. The predicted molar refractivity (Wildman–Crippen MR) is 88.5 cm³/mol. The number of β-amino-alcohol motifs (C(OH)–C–C–N with tert-alkyl or cyclic N) is 1. The topological polar surface area (TPSA) is 75.5 Å². The number of aryl methyl sites for hydroxylation is 1. The van der Waals surface area contributed by atoms with Gasteiger partial charge < -0.3 is 14.7 Å². The van der Waals surface area contributed by atoms with Crippen molar-refractivity contribution in [3.8, 4) is 5.75 Å². The van der Waals surface area contributed by atoms with E-state index >= 15 is 0 Å². The Morgan fingerprint density at radius 2 is 2.08 bits per heavy atom. The standard InChI is InChI=1S/C18H21N3O3/c1-13-2-4-16(5-3-13)24-12-18(23)21-10-14(17(22)11-21)8-15-9-19-6-7-20-15/h2-7,9,14,17,22H,8,10-12H2,1H3/t14-,17-/m1/s1. The molecule has 1 aliphatic rings. The third kappa shape index (κ3) is 4.08. The number of ether oxygens (including phenoxy) is 1. The van der Waals surface area contributed by atoms with Crippen LogP contribution in [0.15, 0.2) is 42.9 Å². The van der Waals surface area contributed by atoms with Gasteiger partial charge in [0.15, 0.2) is 6.61 Å². The van der Waals surface area contributed by atoms with Gasteiger partial charge in [0.25, 0.3) is 5.91 Å². The van der Waals surface area contributed by atoms with Crippen LogP contribution in [0.25, 0.3) is 0 Å². The lowest BCUT2D eigenvalue weighted by Gasteiger charge is -2.16. The summed E-state index contributed by atoms with van der Waals surface area (Å²) in [6, 6.07) is 7.57. The first-order chi connectivity index (χ1) is 11.6. The summed E-state index contributed by atoms with van der Waals surface area (Å²) in [4.78, 5) is 22.2. The van der Waals surface area contributed by atoms with Crippen molar-refractivity contribution in [3.05, 3.63) is 54.1 Å². The third-order valence-corrected chi connectivity index (χ3v) is 4.23. The summed E-state index contributed by atoms with van der Waals surface area (Å²) in [6.45, 7) is 2.82. The smallest absolute Gasteiger partial charge is 0.260 e. The maximum atomic E-state index is 12.3. The van der Waals surface area contributed by atoms with Gasteiger partial charge in [-0.1, -0.05) is 17.7 Å². The van der Waals surface area contributed by atoms with Crippen molar-refractivity contribution in [2.24, 2.45) is 5.92 Å². The number of aliphatic hydroxyl groups is 1. The van der Waals surface area contributed by atoms with Crippen molar-refractivity contribution < 1.29 is 14.6 Å². The molecular weight excluding hydrogens is 306 g/mol. The highest BCUT2D eigenvalue weighted by Gasteiger charge is 2.34. The fraction of sp³-hybridized carbons (Fsp3) is 0.389. The van der Waals surface area contributed by atoms with E-state index in [4.69, 9.17) is 4.74 Å². The minimum absolute atomic E-state index is 0.0202. The Kier molecular flexibility index (Phi) is 5.05. The van der Waals surface area contributed by atoms with Crippen molar-refractivity contribution >= 4 is 5.91 Å². The van der Waals surface area contributed by atoms with Crippen LogP contribution in [-0.2, 0) is 11.2 Å². The highest BCUT2D eigenvalue weighted by Crippen LogP contribution is 2.21. The van der Waals surface area contributed by atoms with Crippen molar-refractivity contribution in [2.75, 3.05) is 19.7 Å². The summed E-state index contributed by atoms with van der Waals surface area (Å²) < 4.78 is 5.53. The van der Waals surface area contributed by atoms with Crippen molar-refractivity contribution in [2.45, 2.75) is 19.4 Å². The predicted octanol–water partition coefficient (Wildman–Crippen LogP) is 1.23. The molecule has 24 heavy (non-hydrogen) atoms. The molecule has 2 aromatic rings. The summed E-state index contributed by atoms with van der Waals surface area (Å²) in [5, 5.41) is 10.2. The Labute approximate surface area is 141 Å². The second kappa shape index (κ2) is 7.40. The van der Waals surface area contributed by atoms with Crippen LogP contribution in [0.2, 0.25) is 0 Å². The lowest BCUT2D eigenvalue weighted by atomic mass is 10.0. The number of carbonyl (C=O) groups is 1. The molecule has 0 spiro atoms. The summed E-state index contributed by atoms with van der Waals surface area (Å²) in [6.07, 6.45) is 5.01. The molecule has 1 aromatic heterocycles. The quantitative estimate of drug-likeness (QED) is 0.894. The number of benzene rings is 1. The lowest BCUT2D eigenvalue weighted by Crippen LogP contribution is -2.33. The molecule has 1 aliphatic heterocycles. The van der Waals surface area contributed by atoms with E-state index in [0.29, 0.717) is 25.3 Å².